The quantitative estimate of drug-likeness (QED) is 0.651. The standard InChI is InChI=1S/C10H13B2FN2O5/c1-16-11(17-2)6-5-7(13)8(12(18-3)19-4)10-9(6)14-20-15-10/h5H,1-4H3. The highest BCUT2D eigenvalue weighted by Crippen LogP contribution is 2.11. The van der Waals surface area contributed by atoms with Crippen molar-refractivity contribution in [3.05, 3.63) is 11.9 Å². The maximum Gasteiger partial charge on any atom is 0.498 e. The van der Waals surface area contributed by atoms with E-state index in [1.54, 1.807) is 0 Å². The summed E-state index contributed by atoms with van der Waals surface area (Å²) in [5.74, 6) is -0.573. The number of hydrogen-bond acceptors (Lipinski definition) is 7. The van der Waals surface area contributed by atoms with E-state index >= 15 is 0 Å². The van der Waals surface area contributed by atoms with Gasteiger partial charge in [-0.3, -0.25) is 0 Å². The van der Waals surface area contributed by atoms with Crippen LogP contribution in [-0.2, 0) is 18.6 Å². The Kier molecular flexibility index (Phi) is 4.71. The summed E-state index contributed by atoms with van der Waals surface area (Å²) in [4.78, 5) is 0. The molecule has 10 heteroatoms. The van der Waals surface area contributed by atoms with Gasteiger partial charge in [-0.25, -0.2) is 9.02 Å². The number of fused-ring (bicyclic) bond motifs is 1. The lowest BCUT2D eigenvalue weighted by Gasteiger charge is -2.13. The SMILES string of the molecule is COB(OC)c1cc(F)c(B(OC)OC)c2nonc12. The van der Waals surface area contributed by atoms with Crippen LogP contribution in [0.15, 0.2) is 10.7 Å². The van der Waals surface area contributed by atoms with Crippen LogP contribution in [0.1, 0.15) is 0 Å². The normalized spacial score (nSPS) is 11.1. The van der Waals surface area contributed by atoms with Gasteiger partial charge < -0.3 is 18.6 Å². The third kappa shape index (κ3) is 2.42. The molecule has 0 aliphatic carbocycles. The molecular weight excluding hydrogens is 269 g/mol. The molecule has 1 heterocycles. The Morgan fingerprint density at radius 3 is 2.05 bits per heavy atom. The van der Waals surface area contributed by atoms with E-state index in [0.29, 0.717) is 11.0 Å². The van der Waals surface area contributed by atoms with Crippen molar-refractivity contribution in [2.24, 2.45) is 0 Å². The number of halogens is 1. The number of nitrogens with zero attached hydrogens (tertiary/aromatic N) is 2. The Labute approximate surface area is 115 Å². The van der Waals surface area contributed by atoms with E-state index in [1.807, 2.05) is 0 Å². The Morgan fingerprint density at radius 2 is 1.50 bits per heavy atom. The van der Waals surface area contributed by atoms with Crippen molar-refractivity contribution in [1.82, 2.24) is 10.3 Å². The first-order valence-corrected chi connectivity index (χ1v) is 5.73. The molecule has 0 saturated heterocycles. The highest BCUT2D eigenvalue weighted by molar-refractivity contribution is 6.67. The average molecular weight is 282 g/mol. The number of hydrogen-bond donors (Lipinski definition) is 0. The molecular formula is C10H13B2FN2O5. The maximum absolute atomic E-state index is 14.3. The molecule has 1 aromatic heterocycles. The summed E-state index contributed by atoms with van der Waals surface area (Å²) in [5, 5.41) is 7.48. The molecule has 106 valence electrons. The van der Waals surface area contributed by atoms with Crippen LogP contribution >= 0.6 is 0 Å². The monoisotopic (exact) mass is 282 g/mol. The fraction of sp³-hybridized carbons (Fsp3) is 0.400. The summed E-state index contributed by atoms with van der Waals surface area (Å²) in [6.45, 7) is 0. The third-order valence-electron chi connectivity index (χ3n) is 2.90. The second kappa shape index (κ2) is 6.31. The number of benzene rings is 1. The molecule has 0 aliphatic rings. The zero-order valence-electron chi connectivity index (χ0n) is 11.5. The summed E-state index contributed by atoms with van der Waals surface area (Å²) in [6, 6.07) is 1.24. The molecule has 1 aromatic carbocycles. The minimum atomic E-state index is -0.915. The lowest BCUT2D eigenvalue weighted by molar-refractivity contribution is 0.290. The number of aromatic nitrogens is 2. The summed E-state index contributed by atoms with van der Waals surface area (Å²) in [7, 11) is 3.97. The van der Waals surface area contributed by atoms with Gasteiger partial charge in [0, 0.05) is 39.4 Å². The zero-order chi connectivity index (χ0) is 14.7. The van der Waals surface area contributed by atoms with E-state index in [1.165, 1.54) is 34.5 Å². The molecule has 0 aliphatic heterocycles. The smallest absolute Gasteiger partial charge is 0.410 e. The Hall–Kier alpha value is -1.48. The number of rotatable bonds is 6. The Balaban J connectivity index is 2.67. The predicted molar refractivity (Wildman–Crippen MR) is 70.6 cm³/mol. The van der Waals surface area contributed by atoms with Crippen molar-refractivity contribution in [2.75, 3.05) is 28.4 Å². The maximum atomic E-state index is 14.3. The van der Waals surface area contributed by atoms with Crippen molar-refractivity contribution in [1.29, 1.82) is 0 Å². The van der Waals surface area contributed by atoms with Crippen molar-refractivity contribution >= 4 is 36.2 Å². The van der Waals surface area contributed by atoms with Crippen LogP contribution in [0.5, 0.6) is 0 Å². The fourth-order valence-corrected chi connectivity index (χ4v) is 2.04. The molecule has 2 aromatic rings. The highest BCUT2D eigenvalue weighted by atomic mass is 19.1. The third-order valence-corrected chi connectivity index (χ3v) is 2.90. The topological polar surface area (TPSA) is 75.8 Å². The molecule has 2 rings (SSSR count). The van der Waals surface area contributed by atoms with Crippen LogP contribution in [-0.4, -0.2) is 53.0 Å². The molecule has 0 saturated carbocycles. The van der Waals surface area contributed by atoms with E-state index < -0.39 is 20.1 Å². The van der Waals surface area contributed by atoms with Gasteiger partial charge in [0.2, 0.25) is 0 Å². The molecule has 0 unspecified atom stereocenters. The minimum absolute atomic E-state index is 0.112. The lowest BCUT2D eigenvalue weighted by atomic mass is 9.72. The van der Waals surface area contributed by atoms with Gasteiger partial charge in [-0.2, -0.15) is 0 Å². The highest BCUT2D eigenvalue weighted by Gasteiger charge is 2.33. The summed E-state index contributed by atoms with van der Waals surface area (Å²) in [6.07, 6.45) is 0. The van der Waals surface area contributed by atoms with Gasteiger partial charge in [-0.05, 0) is 6.07 Å². The van der Waals surface area contributed by atoms with Crippen molar-refractivity contribution < 1.29 is 27.6 Å². The van der Waals surface area contributed by atoms with E-state index in [2.05, 4.69) is 10.3 Å². The molecule has 0 radical (unpaired) electrons. The Morgan fingerprint density at radius 1 is 0.950 bits per heavy atom. The molecule has 7 nitrogen and oxygen atoms in total. The van der Waals surface area contributed by atoms with Gasteiger partial charge in [0.1, 0.15) is 16.9 Å². The van der Waals surface area contributed by atoms with Crippen molar-refractivity contribution in [2.45, 2.75) is 0 Å². The fourth-order valence-electron chi connectivity index (χ4n) is 2.04. The van der Waals surface area contributed by atoms with E-state index in [-0.39, 0.29) is 11.0 Å². The van der Waals surface area contributed by atoms with Crippen molar-refractivity contribution in [3.63, 3.8) is 0 Å². The van der Waals surface area contributed by atoms with Gasteiger partial charge in [0.15, 0.2) is 0 Å². The lowest BCUT2D eigenvalue weighted by Crippen LogP contribution is -2.42. The van der Waals surface area contributed by atoms with Crippen LogP contribution in [0.25, 0.3) is 11.0 Å². The minimum Gasteiger partial charge on any atom is -0.410 e. The van der Waals surface area contributed by atoms with Gasteiger partial charge in [0.05, 0.1) is 0 Å². The average Bonchev–Trinajstić information content (AvgIpc) is 2.93. The first-order valence-electron chi connectivity index (χ1n) is 5.73. The van der Waals surface area contributed by atoms with Crippen LogP contribution in [0, 0.1) is 5.82 Å². The molecule has 0 N–H and O–H groups in total. The second-order valence-electron chi connectivity index (χ2n) is 3.93. The first kappa shape index (κ1) is 14.9. The van der Waals surface area contributed by atoms with E-state index in [0.717, 1.165) is 0 Å². The molecule has 0 atom stereocenters. The van der Waals surface area contributed by atoms with Crippen LogP contribution < -0.4 is 10.9 Å². The van der Waals surface area contributed by atoms with E-state index in [9.17, 15) is 4.39 Å². The van der Waals surface area contributed by atoms with Gasteiger partial charge >= 0.3 is 14.2 Å². The molecule has 0 bridgehead atoms. The van der Waals surface area contributed by atoms with Crippen LogP contribution in [0.4, 0.5) is 4.39 Å². The Bertz CT molecular complexity index is 588. The summed E-state index contributed by atoms with van der Waals surface area (Å²) >= 11 is 0. The van der Waals surface area contributed by atoms with E-state index in [4.69, 9.17) is 23.2 Å². The largest absolute Gasteiger partial charge is 0.498 e. The zero-order valence-corrected chi connectivity index (χ0v) is 11.5. The second-order valence-corrected chi connectivity index (χ2v) is 3.93. The first-order chi connectivity index (χ1) is 9.67. The molecule has 0 fully saturated rings. The predicted octanol–water partition coefficient (Wildman–Crippen LogP) is -0.662. The summed E-state index contributed by atoms with van der Waals surface area (Å²) < 4.78 is 39.4. The van der Waals surface area contributed by atoms with Gasteiger partial charge in [0.25, 0.3) is 0 Å². The van der Waals surface area contributed by atoms with Crippen molar-refractivity contribution in [3.8, 4) is 0 Å². The molecule has 0 spiro atoms. The van der Waals surface area contributed by atoms with Gasteiger partial charge in [-0.15, -0.1) is 0 Å². The summed E-state index contributed by atoms with van der Waals surface area (Å²) in [5.41, 5.74) is 1.02. The molecule has 20 heavy (non-hydrogen) atoms. The van der Waals surface area contributed by atoms with Gasteiger partial charge in [-0.1, -0.05) is 10.3 Å². The molecule has 0 amide bonds. The van der Waals surface area contributed by atoms with Crippen LogP contribution in [0.3, 0.4) is 0 Å². The van der Waals surface area contributed by atoms with Crippen LogP contribution in [0.2, 0.25) is 0 Å².